The van der Waals surface area contributed by atoms with Crippen molar-refractivity contribution in [3.05, 3.63) is 42.3 Å². The number of benzene rings is 2. The van der Waals surface area contributed by atoms with E-state index in [0.717, 1.165) is 22.1 Å². The van der Waals surface area contributed by atoms with Gasteiger partial charge in [0.05, 0.1) is 19.3 Å². The Morgan fingerprint density at radius 2 is 2.00 bits per heavy atom. The quantitative estimate of drug-likeness (QED) is 0.445. The van der Waals surface area contributed by atoms with E-state index in [1.807, 2.05) is 36.4 Å². The number of aliphatic hydroxyl groups is 1. The van der Waals surface area contributed by atoms with Gasteiger partial charge >= 0.3 is 5.96 Å². The van der Waals surface area contributed by atoms with Crippen molar-refractivity contribution < 1.29 is 18.9 Å². The van der Waals surface area contributed by atoms with Crippen LogP contribution in [0.4, 0.5) is 0 Å². The van der Waals surface area contributed by atoms with Crippen molar-refractivity contribution in [1.29, 1.82) is 0 Å². The Morgan fingerprint density at radius 3 is 2.76 bits per heavy atom. The minimum Gasteiger partial charge on any atom is -0.493 e. The molecule has 0 radical (unpaired) electrons. The van der Waals surface area contributed by atoms with E-state index in [-0.39, 0.29) is 5.96 Å². The van der Waals surface area contributed by atoms with Crippen molar-refractivity contribution >= 4 is 16.7 Å². The number of hydrogen-bond acceptors (Lipinski definition) is 5. The first-order valence-corrected chi connectivity index (χ1v) is 9.75. The average Bonchev–Trinajstić information content (AvgIpc) is 3.32. The highest BCUT2D eigenvalue weighted by molar-refractivity contribution is 5.87. The molecule has 29 heavy (non-hydrogen) atoms. The third-order valence-electron chi connectivity index (χ3n) is 5.05. The minimum absolute atomic E-state index is 0.132. The molecule has 0 spiro atoms. The van der Waals surface area contributed by atoms with E-state index in [2.05, 4.69) is 24.0 Å². The van der Waals surface area contributed by atoms with Crippen molar-refractivity contribution in [3.8, 4) is 17.1 Å². The van der Waals surface area contributed by atoms with E-state index in [4.69, 9.17) is 20.7 Å². The third-order valence-corrected chi connectivity index (χ3v) is 5.05. The Balaban J connectivity index is 1.61. The molecule has 1 aliphatic rings. The van der Waals surface area contributed by atoms with E-state index in [1.165, 1.54) is 0 Å². The van der Waals surface area contributed by atoms with E-state index >= 15 is 0 Å². The van der Waals surface area contributed by atoms with Crippen molar-refractivity contribution in [2.45, 2.75) is 32.4 Å². The van der Waals surface area contributed by atoms with Crippen LogP contribution in [0.1, 0.15) is 32.2 Å². The number of hydrogen-bond donors (Lipinski definition) is 3. The monoisotopic (exact) mass is 396 g/mol. The zero-order valence-corrected chi connectivity index (χ0v) is 16.6. The summed E-state index contributed by atoms with van der Waals surface area (Å²) in [5.74, 6) is 2.22. The lowest BCUT2D eigenvalue weighted by molar-refractivity contribution is -0.560. The van der Waals surface area contributed by atoms with Crippen LogP contribution in [0.5, 0.6) is 5.75 Å². The molecular formula is C21H26N5O3+. The summed E-state index contributed by atoms with van der Waals surface area (Å²) >= 11 is 0. The third kappa shape index (κ3) is 3.88. The van der Waals surface area contributed by atoms with Gasteiger partial charge in [-0.05, 0) is 34.9 Å². The van der Waals surface area contributed by atoms with Crippen molar-refractivity contribution in [2.24, 2.45) is 17.4 Å². The Labute approximate surface area is 168 Å². The fourth-order valence-electron chi connectivity index (χ4n) is 3.55. The highest BCUT2D eigenvalue weighted by atomic mass is 16.5. The molecule has 8 nitrogen and oxygen atoms in total. The Hall–Kier alpha value is -3.13. The molecule has 4 rings (SSSR count). The van der Waals surface area contributed by atoms with Gasteiger partial charge in [0, 0.05) is 12.0 Å². The molecule has 2 atom stereocenters. The Bertz CT molecular complexity index is 1060. The van der Waals surface area contributed by atoms with Crippen molar-refractivity contribution in [3.63, 3.8) is 0 Å². The van der Waals surface area contributed by atoms with Gasteiger partial charge in [-0.25, -0.2) is 0 Å². The number of aromatic nitrogens is 2. The number of rotatable bonds is 5. The molecule has 8 heteroatoms. The topological polar surface area (TPSA) is 123 Å². The number of nitrogens with two attached hydrogens (primary N) is 2. The van der Waals surface area contributed by atoms with Gasteiger partial charge < -0.3 is 14.4 Å². The first kappa shape index (κ1) is 19.2. The van der Waals surface area contributed by atoms with Gasteiger partial charge in [-0.2, -0.15) is 4.98 Å². The normalized spacial score (nSPS) is 19.2. The maximum Gasteiger partial charge on any atom is 0.341 e. The van der Waals surface area contributed by atoms with Crippen LogP contribution in [-0.4, -0.2) is 45.0 Å². The van der Waals surface area contributed by atoms with Crippen LogP contribution in [0.15, 0.2) is 40.9 Å². The second-order valence-electron chi connectivity index (χ2n) is 7.80. The molecule has 2 aromatic carbocycles. The number of aliphatic hydroxyl groups excluding tert-OH is 1. The van der Waals surface area contributed by atoms with Gasteiger partial charge in [0.15, 0.2) is 6.04 Å². The van der Waals surface area contributed by atoms with E-state index < -0.39 is 12.1 Å². The minimum atomic E-state index is -0.661. The Morgan fingerprint density at radius 1 is 1.24 bits per heavy atom. The summed E-state index contributed by atoms with van der Waals surface area (Å²) in [5.41, 5.74) is 12.3. The lowest BCUT2D eigenvalue weighted by Crippen LogP contribution is -2.37. The van der Waals surface area contributed by atoms with Gasteiger partial charge in [-0.1, -0.05) is 37.2 Å². The number of guanidine groups is 1. The largest absolute Gasteiger partial charge is 0.493 e. The predicted molar refractivity (Wildman–Crippen MR) is 109 cm³/mol. The van der Waals surface area contributed by atoms with Gasteiger partial charge in [0.25, 0.3) is 5.89 Å². The molecule has 0 bridgehead atoms. The smallest absolute Gasteiger partial charge is 0.341 e. The van der Waals surface area contributed by atoms with E-state index in [9.17, 15) is 5.11 Å². The Kier molecular flexibility index (Phi) is 5.10. The maximum atomic E-state index is 10.3. The number of nitrogens with zero attached hydrogens (tertiary/aromatic N) is 3. The molecule has 1 fully saturated rings. The summed E-state index contributed by atoms with van der Waals surface area (Å²) in [6, 6.07) is 11.4. The fraction of sp³-hybridized carbons (Fsp3) is 0.381. The van der Waals surface area contributed by atoms with Crippen molar-refractivity contribution in [1.82, 2.24) is 10.1 Å². The molecule has 0 unspecified atom stereocenters. The van der Waals surface area contributed by atoms with Crippen LogP contribution < -0.4 is 16.2 Å². The second kappa shape index (κ2) is 7.71. The van der Waals surface area contributed by atoms with Gasteiger partial charge in [-0.3, -0.25) is 16.0 Å². The summed E-state index contributed by atoms with van der Waals surface area (Å²) in [6.07, 6.45) is -0.122. The molecule has 0 saturated carbocycles. The van der Waals surface area contributed by atoms with Crippen LogP contribution in [-0.2, 0) is 0 Å². The zero-order valence-electron chi connectivity index (χ0n) is 16.6. The first-order chi connectivity index (χ1) is 13.9. The van der Waals surface area contributed by atoms with Crippen LogP contribution in [0, 0.1) is 5.92 Å². The highest BCUT2D eigenvalue weighted by Crippen LogP contribution is 2.30. The molecule has 1 aromatic heterocycles. The van der Waals surface area contributed by atoms with Crippen LogP contribution in [0.25, 0.3) is 22.2 Å². The van der Waals surface area contributed by atoms with Crippen LogP contribution in [0.2, 0.25) is 0 Å². The summed E-state index contributed by atoms with van der Waals surface area (Å²) < 4.78 is 12.9. The molecule has 2 heterocycles. The van der Waals surface area contributed by atoms with Crippen LogP contribution >= 0.6 is 0 Å². The maximum absolute atomic E-state index is 10.3. The standard InChI is InChI=1S/C21H25N5O3/c1-12(2)11-28-16-6-5-13-9-15(4-3-14(13)10-16)19-24-20(29-25-19)18-17(27)7-8-26(18)21(22)23/h3-6,9-10,12,17-18,27H,7-8,11H2,1-2H3,(H3,22,23)/p+1/t17-,18-/m0/s1. The zero-order chi connectivity index (χ0) is 20.5. The summed E-state index contributed by atoms with van der Waals surface area (Å²) in [4.78, 5) is 4.49. The first-order valence-electron chi connectivity index (χ1n) is 9.75. The van der Waals surface area contributed by atoms with Gasteiger partial charge in [-0.15, -0.1) is 0 Å². The molecule has 5 N–H and O–H groups in total. The predicted octanol–water partition coefficient (Wildman–Crippen LogP) is 2.02. The van der Waals surface area contributed by atoms with Crippen molar-refractivity contribution in [2.75, 3.05) is 13.2 Å². The second-order valence-corrected chi connectivity index (χ2v) is 7.80. The SMILES string of the molecule is CC(C)COc1ccc2cc(-c3noc([C@@H]4[C@@H](O)CC[N+]4=C(N)N)n3)ccc2c1. The lowest BCUT2D eigenvalue weighted by atomic mass is 10.1. The molecule has 0 aliphatic carbocycles. The molecule has 152 valence electrons. The number of fused-ring (bicyclic) bond motifs is 1. The summed E-state index contributed by atoms with van der Waals surface area (Å²) in [7, 11) is 0. The van der Waals surface area contributed by atoms with Crippen LogP contribution in [0.3, 0.4) is 0 Å². The van der Waals surface area contributed by atoms with E-state index in [0.29, 0.717) is 37.2 Å². The molecular weight excluding hydrogens is 370 g/mol. The highest BCUT2D eigenvalue weighted by Gasteiger charge is 2.39. The summed E-state index contributed by atoms with van der Waals surface area (Å²) in [6.45, 7) is 5.47. The summed E-state index contributed by atoms with van der Waals surface area (Å²) in [5, 5.41) is 16.5. The fourth-order valence-corrected chi connectivity index (χ4v) is 3.55. The lowest BCUT2D eigenvalue weighted by Gasteiger charge is -2.10. The van der Waals surface area contributed by atoms with Gasteiger partial charge in [0.2, 0.25) is 5.82 Å². The molecule has 1 aliphatic heterocycles. The molecule has 1 saturated heterocycles. The number of ether oxygens (including phenoxy) is 1. The molecule has 3 aromatic rings. The molecule has 0 amide bonds. The van der Waals surface area contributed by atoms with E-state index in [1.54, 1.807) is 4.58 Å². The average molecular weight is 396 g/mol. The van der Waals surface area contributed by atoms with Gasteiger partial charge in [0.1, 0.15) is 5.75 Å².